The number of hydrogen-bond acceptors (Lipinski definition) is 4. The minimum atomic E-state index is -0.986. The lowest BCUT2D eigenvalue weighted by Gasteiger charge is -2.11. The second kappa shape index (κ2) is 6.67. The van der Waals surface area contributed by atoms with Crippen LogP contribution in [0.15, 0.2) is 47.1 Å². The first-order valence-corrected chi connectivity index (χ1v) is 8.25. The molecule has 1 aliphatic rings. The molecule has 0 aliphatic heterocycles. The Kier molecular flexibility index (Phi) is 4.54. The summed E-state index contributed by atoms with van der Waals surface area (Å²) in [6.07, 6.45) is 1.52. The van der Waals surface area contributed by atoms with Crippen molar-refractivity contribution in [3.63, 3.8) is 0 Å². The van der Waals surface area contributed by atoms with Gasteiger partial charge < -0.3 is 20.2 Å². The predicted octanol–water partition coefficient (Wildman–Crippen LogP) is 2.50. The van der Waals surface area contributed by atoms with E-state index in [1.807, 2.05) is 0 Å². The van der Waals surface area contributed by atoms with Crippen LogP contribution in [0.2, 0.25) is 0 Å². The number of benzene rings is 1. The molecule has 7 nitrogen and oxygen atoms in total. The van der Waals surface area contributed by atoms with Crippen LogP contribution in [0.1, 0.15) is 30.0 Å². The zero-order chi connectivity index (χ0) is 18.9. The standard InChI is InChI=1S/C19H20N2O5/c1-19(2)14(15(19)18(24)25)17(23)21-13-8-4-3-7-12(13)16(22)20-10-11-6-5-9-26-11/h3-9,14-15H,10H2,1-2H3,(H,20,22)(H,21,23)(H,24,25)/t14-,15+/m0/s1. The zero-order valence-electron chi connectivity index (χ0n) is 14.5. The number of carbonyl (C=O) groups excluding carboxylic acids is 2. The minimum Gasteiger partial charge on any atom is -0.481 e. The molecule has 1 aliphatic carbocycles. The fourth-order valence-corrected chi connectivity index (χ4v) is 3.26. The summed E-state index contributed by atoms with van der Waals surface area (Å²) in [5.41, 5.74) is 0.0471. The van der Waals surface area contributed by atoms with Gasteiger partial charge in [0.1, 0.15) is 5.76 Å². The van der Waals surface area contributed by atoms with Crippen molar-refractivity contribution < 1.29 is 23.9 Å². The molecule has 136 valence electrons. The number of furan rings is 1. The average Bonchev–Trinajstić information content (AvgIpc) is 2.94. The van der Waals surface area contributed by atoms with Gasteiger partial charge in [-0.25, -0.2) is 0 Å². The van der Waals surface area contributed by atoms with Crippen molar-refractivity contribution in [2.45, 2.75) is 20.4 Å². The molecule has 3 rings (SSSR count). The molecule has 0 bridgehead atoms. The monoisotopic (exact) mass is 356 g/mol. The van der Waals surface area contributed by atoms with E-state index in [9.17, 15) is 19.5 Å². The molecule has 0 radical (unpaired) electrons. The first-order chi connectivity index (χ1) is 12.3. The molecule has 2 atom stereocenters. The summed E-state index contributed by atoms with van der Waals surface area (Å²) in [5, 5.41) is 14.7. The number of amides is 2. The minimum absolute atomic E-state index is 0.227. The molecule has 3 N–H and O–H groups in total. The summed E-state index contributed by atoms with van der Waals surface area (Å²) in [6, 6.07) is 10.1. The zero-order valence-corrected chi connectivity index (χ0v) is 14.5. The highest BCUT2D eigenvalue weighted by Crippen LogP contribution is 2.58. The van der Waals surface area contributed by atoms with E-state index in [4.69, 9.17) is 4.42 Å². The maximum Gasteiger partial charge on any atom is 0.307 e. The molecular weight excluding hydrogens is 336 g/mol. The molecule has 1 saturated carbocycles. The Morgan fingerprint density at radius 2 is 1.85 bits per heavy atom. The van der Waals surface area contributed by atoms with Crippen LogP contribution in [0.25, 0.3) is 0 Å². The highest BCUT2D eigenvalue weighted by atomic mass is 16.4. The van der Waals surface area contributed by atoms with Gasteiger partial charge in [-0.05, 0) is 29.7 Å². The summed E-state index contributed by atoms with van der Waals surface area (Å²) in [6.45, 7) is 3.72. The molecule has 2 aromatic rings. The Labute approximate surface area is 150 Å². The molecule has 7 heteroatoms. The lowest BCUT2D eigenvalue weighted by Crippen LogP contribution is -2.25. The Morgan fingerprint density at radius 3 is 2.46 bits per heavy atom. The summed E-state index contributed by atoms with van der Waals surface area (Å²) >= 11 is 0. The van der Waals surface area contributed by atoms with Gasteiger partial charge in [0.25, 0.3) is 5.91 Å². The Morgan fingerprint density at radius 1 is 1.12 bits per heavy atom. The van der Waals surface area contributed by atoms with E-state index in [1.54, 1.807) is 50.2 Å². The van der Waals surface area contributed by atoms with E-state index < -0.39 is 29.1 Å². The third-order valence-corrected chi connectivity index (χ3v) is 4.81. The maximum absolute atomic E-state index is 12.5. The summed E-state index contributed by atoms with van der Waals surface area (Å²) < 4.78 is 5.17. The number of carboxylic acids is 1. The molecule has 1 aromatic heterocycles. The molecule has 0 unspecified atom stereocenters. The lowest BCUT2D eigenvalue weighted by molar-refractivity contribution is -0.140. The summed E-state index contributed by atoms with van der Waals surface area (Å²) in [7, 11) is 0. The van der Waals surface area contributed by atoms with Gasteiger partial charge >= 0.3 is 5.97 Å². The second-order valence-corrected chi connectivity index (χ2v) is 6.91. The average molecular weight is 356 g/mol. The Hall–Kier alpha value is -3.09. The van der Waals surface area contributed by atoms with Crippen LogP contribution in [-0.4, -0.2) is 22.9 Å². The molecule has 26 heavy (non-hydrogen) atoms. The van der Waals surface area contributed by atoms with Gasteiger partial charge in [-0.1, -0.05) is 26.0 Å². The topological polar surface area (TPSA) is 109 Å². The molecule has 1 aromatic carbocycles. The van der Waals surface area contributed by atoms with E-state index in [1.165, 1.54) is 6.26 Å². The van der Waals surface area contributed by atoms with Crippen LogP contribution in [0.3, 0.4) is 0 Å². The fourth-order valence-electron chi connectivity index (χ4n) is 3.26. The largest absolute Gasteiger partial charge is 0.481 e. The van der Waals surface area contributed by atoms with Gasteiger partial charge in [0.15, 0.2) is 0 Å². The van der Waals surface area contributed by atoms with Crippen LogP contribution in [-0.2, 0) is 16.1 Å². The van der Waals surface area contributed by atoms with E-state index in [0.717, 1.165) is 0 Å². The number of nitrogens with one attached hydrogen (secondary N) is 2. The second-order valence-electron chi connectivity index (χ2n) is 6.91. The number of para-hydroxylation sites is 1. The van der Waals surface area contributed by atoms with E-state index in [2.05, 4.69) is 10.6 Å². The maximum atomic E-state index is 12.5. The van der Waals surface area contributed by atoms with Crippen LogP contribution >= 0.6 is 0 Å². The number of anilines is 1. The first-order valence-electron chi connectivity index (χ1n) is 8.25. The van der Waals surface area contributed by atoms with Crippen molar-refractivity contribution in [2.75, 3.05) is 5.32 Å². The quantitative estimate of drug-likeness (QED) is 0.737. The van der Waals surface area contributed by atoms with Crippen LogP contribution < -0.4 is 10.6 Å². The molecule has 0 spiro atoms. The fraction of sp³-hybridized carbons (Fsp3) is 0.316. The van der Waals surface area contributed by atoms with Crippen molar-refractivity contribution in [1.82, 2.24) is 5.32 Å². The predicted molar refractivity (Wildman–Crippen MR) is 93.3 cm³/mol. The SMILES string of the molecule is CC1(C)[C@H](C(=O)Nc2ccccc2C(=O)NCc2ccco2)[C@@H]1C(=O)O. The summed E-state index contributed by atoms with van der Waals surface area (Å²) in [5.74, 6) is -2.47. The van der Waals surface area contributed by atoms with Crippen LogP contribution in [0.4, 0.5) is 5.69 Å². The summed E-state index contributed by atoms with van der Waals surface area (Å²) in [4.78, 5) is 36.2. The van der Waals surface area contributed by atoms with Gasteiger partial charge in [0, 0.05) is 0 Å². The van der Waals surface area contributed by atoms with E-state index in [-0.39, 0.29) is 12.5 Å². The number of rotatable bonds is 6. The van der Waals surface area contributed by atoms with Crippen molar-refractivity contribution in [1.29, 1.82) is 0 Å². The van der Waals surface area contributed by atoms with Crippen molar-refractivity contribution >= 4 is 23.5 Å². The smallest absolute Gasteiger partial charge is 0.307 e. The number of hydrogen-bond donors (Lipinski definition) is 3. The van der Waals surface area contributed by atoms with Crippen LogP contribution in [0, 0.1) is 17.3 Å². The third-order valence-electron chi connectivity index (χ3n) is 4.81. The van der Waals surface area contributed by atoms with Crippen LogP contribution in [0.5, 0.6) is 0 Å². The molecule has 1 heterocycles. The first kappa shape index (κ1) is 17.7. The normalized spacial score (nSPS) is 20.2. The Balaban J connectivity index is 1.70. The van der Waals surface area contributed by atoms with Gasteiger partial charge in [-0.15, -0.1) is 0 Å². The van der Waals surface area contributed by atoms with E-state index in [0.29, 0.717) is 17.0 Å². The highest BCUT2D eigenvalue weighted by molar-refractivity contribution is 6.06. The Bertz CT molecular complexity index is 841. The molecule has 0 saturated heterocycles. The third kappa shape index (κ3) is 3.33. The highest BCUT2D eigenvalue weighted by Gasteiger charge is 2.65. The van der Waals surface area contributed by atoms with Crippen molar-refractivity contribution in [3.05, 3.63) is 54.0 Å². The van der Waals surface area contributed by atoms with Crippen molar-refractivity contribution in [2.24, 2.45) is 17.3 Å². The number of carboxylic acid groups (broad SMARTS) is 1. The lowest BCUT2D eigenvalue weighted by atomic mass is 10.1. The number of aliphatic carboxylic acids is 1. The van der Waals surface area contributed by atoms with E-state index >= 15 is 0 Å². The van der Waals surface area contributed by atoms with Gasteiger partial charge in [-0.3, -0.25) is 14.4 Å². The molecule has 2 amide bonds. The van der Waals surface area contributed by atoms with Gasteiger partial charge in [-0.2, -0.15) is 0 Å². The number of carbonyl (C=O) groups is 3. The van der Waals surface area contributed by atoms with Gasteiger partial charge in [0.2, 0.25) is 5.91 Å². The molecule has 1 fully saturated rings. The molecular formula is C19H20N2O5. The van der Waals surface area contributed by atoms with Gasteiger partial charge in [0.05, 0.1) is 35.9 Å². The van der Waals surface area contributed by atoms with Crippen molar-refractivity contribution in [3.8, 4) is 0 Å².